The molecule has 25 heavy (non-hydrogen) atoms. The summed E-state index contributed by atoms with van der Waals surface area (Å²) in [7, 11) is 0. The molecular weight excluding hydrogens is 330 g/mol. The molecule has 0 amide bonds. The Balaban J connectivity index is 1.56. The van der Waals surface area contributed by atoms with E-state index >= 15 is 0 Å². The summed E-state index contributed by atoms with van der Waals surface area (Å²) < 4.78 is 8.04. The minimum Gasteiger partial charge on any atom is -0.440 e. The zero-order valence-corrected chi connectivity index (χ0v) is 14.4. The highest BCUT2D eigenvalue weighted by Crippen LogP contribution is 2.28. The van der Waals surface area contributed by atoms with Crippen LogP contribution in [0.5, 0.6) is 0 Å². The van der Waals surface area contributed by atoms with Crippen LogP contribution < -0.4 is 0 Å². The molecule has 124 valence electrons. The van der Waals surface area contributed by atoms with Gasteiger partial charge < -0.3 is 8.98 Å². The second-order valence-electron chi connectivity index (χ2n) is 5.56. The highest BCUT2D eigenvalue weighted by molar-refractivity contribution is 7.98. The molecule has 5 heteroatoms. The van der Waals surface area contributed by atoms with Gasteiger partial charge in [0.05, 0.1) is 23.0 Å². The highest BCUT2D eigenvalue weighted by Gasteiger charge is 2.12. The van der Waals surface area contributed by atoms with Crippen molar-refractivity contribution in [3.05, 3.63) is 79.3 Å². The fourth-order valence-corrected chi connectivity index (χ4v) is 3.59. The summed E-state index contributed by atoms with van der Waals surface area (Å²) in [5.41, 5.74) is 3.14. The Hall–Kier alpha value is -2.79. The van der Waals surface area contributed by atoms with Crippen LogP contribution in [0.3, 0.4) is 0 Å². The Kier molecular flexibility index (Phi) is 4.39. The number of benzene rings is 2. The molecule has 0 aliphatic heterocycles. The maximum absolute atomic E-state index is 5.88. The van der Waals surface area contributed by atoms with E-state index in [1.165, 1.54) is 0 Å². The van der Waals surface area contributed by atoms with Gasteiger partial charge in [0, 0.05) is 12.1 Å². The normalized spacial score (nSPS) is 11.0. The van der Waals surface area contributed by atoms with E-state index in [0.29, 0.717) is 11.6 Å². The van der Waals surface area contributed by atoms with Gasteiger partial charge in [-0.2, -0.15) is 0 Å². The van der Waals surface area contributed by atoms with E-state index < -0.39 is 0 Å². The van der Waals surface area contributed by atoms with Crippen LogP contribution in [0.1, 0.15) is 5.89 Å². The molecule has 0 aliphatic rings. The average molecular weight is 347 g/mol. The van der Waals surface area contributed by atoms with Crippen molar-refractivity contribution in [2.75, 3.05) is 0 Å². The molecule has 0 saturated carbocycles. The SMILES string of the molecule is C=CCn1c(SCc2ncc(-c3ccccc3)o2)nc2ccccc21. The number of thioether (sulfide) groups is 1. The van der Waals surface area contributed by atoms with Gasteiger partial charge >= 0.3 is 0 Å². The molecule has 4 rings (SSSR count). The molecule has 2 aromatic carbocycles. The van der Waals surface area contributed by atoms with Crippen molar-refractivity contribution in [1.29, 1.82) is 0 Å². The van der Waals surface area contributed by atoms with Crippen molar-refractivity contribution < 1.29 is 4.42 Å². The van der Waals surface area contributed by atoms with Gasteiger partial charge in [-0.3, -0.25) is 0 Å². The summed E-state index contributed by atoms with van der Waals surface area (Å²) in [5.74, 6) is 2.12. The van der Waals surface area contributed by atoms with Crippen LogP contribution in [0.25, 0.3) is 22.4 Å². The summed E-state index contributed by atoms with van der Waals surface area (Å²) in [6, 6.07) is 18.1. The molecular formula is C20H17N3OS. The minimum atomic E-state index is 0.632. The molecule has 0 bridgehead atoms. The van der Waals surface area contributed by atoms with E-state index in [1.54, 1.807) is 18.0 Å². The molecule has 0 fully saturated rings. The zero-order chi connectivity index (χ0) is 17.1. The number of aromatic nitrogens is 3. The van der Waals surface area contributed by atoms with Gasteiger partial charge in [0.25, 0.3) is 0 Å². The monoisotopic (exact) mass is 347 g/mol. The van der Waals surface area contributed by atoms with Crippen molar-refractivity contribution in [3.63, 3.8) is 0 Å². The number of allylic oxidation sites excluding steroid dienone is 1. The number of nitrogens with zero attached hydrogens (tertiary/aromatic N) is 3. The third kappa shape index (κ3) is 3.23. The second kappa shape index (κ2) is 6.99. The Morgan fingerprint density at radius 2 is 1.88 bits per heavy atom. The molecule has 0 atom stereocenters. The third-order valence-corrected chi connectivity index (χ3v) is 4.83. The number of fused-ring (bicyclic) bond motifs is 1. The first kappa shape index (κ1) is 15.7. The number of rotatable bonds is 6. The van der Waals surface area contributed by atoms with Crippen molar-refractivity contribution >= 4 is 22.8 Å². The van der Waals surface area contributed by atoms with Crippen molar-refractivity contribution in [2.45, 2.75) is 17.5 Å². The Morgan fingerprint density at radius 1 is 1.08 bits per heavy atom. The molecule has 0 N–H and O–H groups in total. The molecule has 0 aliphatic carbocycles. The highest BCUT2D eigenvalue weighted by atomic mass is 32.2. The lowest BCUT2D eigenvalue weighted by atomic mass is 10.2. The van der Waals surface area contributed by atoms with Crippen molar-refractivity contribution in [1.82, 2.24) is 14.5 Å². The molecule has 4 nitrogen and oxygen atoms in total. The Labute approximate surface area is 150 Å². The van der Waals surface area contributed by atoms with Gasteiger partial charge in [-0.05, 0) is 12.1 Å². The standard InChI is InChI=1S/C20H17N3OS/c1-2-12-23-17-11-7-6-10-16(17)22-20(23)25-14-19-21-13-18(24-19)15-8-4-3-5-9-15/h2-11,13H,1,12,14H2. The molecule has 0 saturated heterocycles. The predicted octanol–water partition coefficient (Wildman–Crippen LogP) is 5.17. The van der Waals surface area contributed by atoms with Crippen LogP contribution in [0, 0.1) is 0 Å². The average Bonchev–Trinajstić information content (AvgIpc) is 3.26. The van der Waals surface area contributed by atoms with Crippen molar-refractivity contribution in [2.24, 2.45) is 0 Å². The van der Waals surface area contributed by atoms with Gasteiger partial charge in [0.15, 0.2) is 10.9 Å². The summed E-state index contributed by atoms with van der Waals surface area (Å²) in [5, 5.41) is 0.945. The predicted molar refractivity (Wildman–Crippen MR) is 101 cm³/mol. The third-order valence-electron chi connectivity index (χ3n) is 3.87. The molecule has 0 radical (unpaired) electrons. The van der Waals surface area contributed by atoms with E-state index in [4.69, 9.17) is 9.40 Å². The van der Waals surface area contributed by atoms with E-state index in [0.717, 1.165) is 34.1 Å². The number of oxazole rings is 1. The lowest BCUT2D eigenvalue weighted by molar-refractivity contribution is 0.529. The van der Waals surface area contributed by atoms with Gasteiger partial charge in [-0.15, -0.1) is 6.58 Å². The van der Waals surface area contributed by atoms with E-state index in [2.05, 4.69) is 22.2 Å². The van der Waals surface area contributed by atoms with Crippen LogP contribution in [0.15, 0.2) is 83.0 Å². The number of hydrogen-bond acceptors (Lipinski definition) is 4. The van der Waals surface area contributed by atoms with Crippen LogP contribution >= 0.6 is 11.8 Å². The number of para-hydroxylation sites is 2. The van der Waals surface area contributed by atoms with Crippen LogP contribution in [0.2, 0.25) is 0 Å². The molecule has 0 unspecified atom stereocenters. The zero-order valence-electron chi connectivity index (χ0n) is 13.6. The van der Waals surface area contributed by atoms with Crippen LogP contribution in [0.4, 0.5) is 0 Å². The van der Waals surface area contributed by atoms with E-state index in [1.807, 2.05) is 54.6 Å². The fourth-order valence-electron chi connectivity index (χ4n) is 2.71. The smallest absolute Gasteiger partial charge is 0.205 e. The minimum absolute atomic E-state index is 0.632. The Morgan fingerprint density at radius 3 is 2.72 bits per heavy atom. The van der Waals surface area contributed by atoms with Crippen LogP contribution in [-0.4, -0.2) is 14.5 Å². The lowest BCUT2D eigenvalue weighted by Crippen LogP contribution is -1.97. The fraction of sp³-hybridized carbons (Fsp3) is 0.100. The molecule has 4 aromatic rings. The number of imidazole rings is 1. The van der Waals surface area contributed by atoms with Crippen molar-refractivity contribution in [3.8, 4) is 11.3 Å². The van der Waals surface area contributed by atoms with Gasteiger partial charge in [0.1, 0.15) is 0 Å². The summed E-state index contributed by atoms with van der Waals surface area (Å²) in [4.78, 5) is 9.11. The quantitative estimate of drug-likeness (QED) is 0.356. The molecule has 0 spiro atoms. The summed E-state index contributed by atoms with van der Waals surface area (Å²) in [6.45, 7) is 4.58. The first-order valence-corrected chi connectivity index (χ1v) is 9.03. The Bertz CT molecular complexity index is 1000. The van der Waals surface area contributed by atoms with E-state index in [9.17, 15) is 0 Å². The first-order valence-electron chi connectivity index (χ1n) is 8.04. The summed E-state index contributed by atoms with van der Waals surface area (Å²) >= 11 is 1.62. The molecule has 2 aromatic heterocycles. The summed E-state index contributed by atoms with van der Waals surface area (Å²) in [6.07, 6.45) is 3.66. The van der Waals surface area contributed by atoms with Gasteiger partial charge in [-0.25, -0.2) is 9.97 Å². The second-order valence-corrected chi connectivity index (χ2v) is 6.50. The lowest BCUT2D eigenvalue weighted by Gasteiger charge is -2.04. The topological polar surface area (TPSA) is 43.9 Å². The van der Waals surface area contributed by atoms with Crippen LogP contribution in [-0.2, 0) is 12.3 Å². The maximum atomic E-state index is 5.88. The first-order chi connectivity index (χ1) is 12.3. The van der Waals surface area contributed by atoms with Gasteiger partial charge in [0.2, 0.25) is 5.89 Å². The number of hydrogen-bond donors (Lipinski definition) is 0. The largest absolute Gasteiger partial charge is 0.440 e. The van der Waals surface area contributed by atoms with Gasteiger partial charge in [-0.1, -0.05) is 60.3 Å². The molecule has 2 heterocycles. The van der Waals surface area contributed by atoms with E-state index in [-0.39, 0.29) is 0 Å². The maximum Gasteiger partial charge on any atom is 0.205 e.